The van der Waals surface area contributed by atoms with E-state index in [1.807, 2.05) is 0 Å². The Morgan fingerprint density at radius 2 is 2.45 bits per heavy atom. The zero-order valence-electron chi connectivity index (χ0n) is 5.96. The number of carbonyl (C=O) groups is 1. The van der Waals surface area contributed by atoms with Crippen LogP contribution in [0.5, 0.6) is 0 Å². The Labute approximate surface area is 64.7 Å². The molecule has 56 valence electrons. The van der Waals surface area contributed by atoms with Crippen molar-refractivity contribution in [2.24, 2.45) is 0 Å². The first-order valence-corrected chi connectivity index (χ1v) is 2.88. The molecule has 0 saturated carbocycles. The molecule has 0 bridgehead atoms. The van der Waals surface area contributed by atoms with Crippen molar-refractivity contribution in [3.05, 3.63) is 11.8 Å². The molecule has 2 radical (unpaired) electrons. The lowest BCUT2D eigenvalue weighted by Gasteiger charge is -1.93. The number of methoxy groups -OCH3 is 1. The molecule has 0 amide bonds. The minimum Gasteiger partial charge on any atom is -0.464 e. The molecule has 0 unspecified atom stereocenters. The summed E-state index contributed by atoms with van der Waals surface area (Å²) >= 11 is 0. The van der Waals surface area contributed by atoms with Gasteiger partial charge in [0.15, 0.2) is 7.85 Å². The average molecular weight is 151 g/mol. The predicted molar refractivity (Wildman–Crippen MR) is 39.8 cm³/mol. The van der Waals surface area contributed by atoms with Gasteiger partial charge in [-0.15, -0.1) is 0 Å². The third kappa shape index (κ3) is 1.37. The third-order valence-corrected chi connectivity index (χ3v) is 1.15. The van der Waals surface area contributed by atoms with Gasteiger partial charge < -0.3 is 14.9 Å². The highest BCUT2D eigenvalue weighted by atomic mass is 16.5. The number of anilines is 1. The molecule has 11 heavy (non-hydrogen) atoms. The van der Waals surface area contributed by atoms with Crippen LogP contribution < -0.4 is 11.4 Å². The standard InChI is InChI=1S/C6H6BNO3/c1-10-6(9)5-3(8)2-4(7)11-5/h2H,8H2,1H3. The van der Waals surface area contributed by atoms with Crippen LogP contribution in [0.25, 0.3) is 0 Å². The van der Waals surface area contributed by atoms with Crippen molar-refractivity contribution in [1.82, 2.24) is 0 Å². The van der Waals surface area contributed by atoms with Gasteiger partial charge in [-0.2, -0.15) is 0 Å². The molecule has 1 heterocycles. The van der Waals surface area contributed by atoms with Gasteiger partial charge in [0.2, 0.25) is 5.76 Å². The van der Waals surface area contributed by atoms with Crippen LogP contribution >= 0.6 is 0 Å². The van der Waals surface area contributed by atoms with Gasteiger partial charge in [-0.25, -0.2) is 4.79 Å². The van der Waals surface area contributed by atoms with Crippen LogP contribution in [0.3, 0.4) is 0 Å². The van der Waals surface area contributed by atoms with Gasteiger partial charge in [-0.05, 0) is 6.07 Å². The number of rotatable bonds is 1. The fourth-order valence-electron chi connectivity index (χ4n) is 0.677. The fraction of sp³-hybridized carbons (Fsp3) is 0.167. The van der Waals surface area contributed by atoms with Gasteiger partial charge in [-0.1, -0.05) is 0 Å². The Bertz CT molecular complexity index is 281. The maximum absolute atomic E-state index is 10.8. The molecule has 5 heteroatoms. The lowest BCUT2D eigenvalue weighted by atomic mass is 10.1. The van der Waals surface area contributed by atoms with Crippen molar-refractivity contribution in [1.29, 1.82) is 0 Å². The third-order valence-electron chi connectivity index (χ3n) is 1.15. The van der Waals surface area contributed by atoms with E-state index in [4.69, 9.17) is 18.0 Å². The highest BCUT2D eigenvalue weighted by Gasteiger charge is 2.14. The van der Waals surface area contributed by atoms with Gasteiger partial charge in [0.25, 0.3) is 0 Å². The SMILES string of the molecule is [B]c1cc(N)c(C(=O)OC)o1. The molecule has 0 aliphatic rings. The largest absolute Gasteiger partial charge is 0.464 e. The summed E-state index contributed by atoms with van der Waals surface area (Å²) in [5, 5.41) is 0. The van der Waals surface area contributed by atoms with Crippen LogP contribution in [0.1, 0.15) is 10.6 Å². The predicted octanol–water partition coefficient (Wildman–Crippen LogP) is -0.558. The zero-order chi connectivity index (χ0) is 8.43. The lowest BCUT2D eigenvalue weighted by Crippen LogP contribution is -2.02. The molecule has 0 atom stereocenters. The molecule has 2 N–H and O–H groups in total. The summed E-state index contributed by atoms with van der Waals surface area (Å²) in [6.07, 6.45) is 0. The van der Waals surface area contributed by atoms with E-state index in [1.54, 1.807) is 0 Å². The van der Waals surface area contributed by atoms with Crippen molar-refractivity contribution < 1.29 is 13.9 Å². The van der Waals surface area contributed by atoms with Crippen molar-refractivity contribution in [2.45, 2.75) is 0 Å². The Morgan fingerprint density at radius 1 is 1.82 bits per heavy atom. The molecule has 0 fully saturated rings. The molecule has 0 aliphatic heterocycles. The number of esters is 1. The van der Waals surface area contributed by atoms with E-state index in [0.29, 0.717) is 0 Å². The number of carbonyl (C=O) groups excluding carboxylic acids is 1. The number of nitrogen functional groups attached to an aromatic ring is 1. The number of nitrogens with two attached hydrogens (primary N) is 1. The Morgan fingerprint density at radius 3 is 2.82 bits per heavy atom. The smallest absolute Gasteiger partial charge is 0.376 e. The van der Waals surface area contributed by atoms with Crippen LogP contribution in [0.2, 0.25) is 0 Å². The summed E-state index contributed by atoms with van der Waals surface area (Å²) in [5.74, 6) is -0.677. The maximum Gasteiger partial charge on any atom is 0.376 e. The van der Waals surface area contributed by atoms with E-state index < -0.39 is 5.97 Å². The molecule has 0 aliphatic carbocycles. The topological polar surface area (TPSA) is 65.5 Å². The average Bonchev–Trinajstić information content (AvgIpc) is 2.28. The summed E-state index contributed by atoms with van der Waals surface area (Å²) in [4.78, 5) is 10.8. The van der Waals surface area contributed by atoms with E-state index in [9.17, 15) is 4.79 Å². The van der Waals surface area contributed by atoms with E-state index in [0.717, 1.165) is 0 Å². The first-order chi connectivity index (χ1) is 5.15. The molecule has 0 saturated heterocycles. The maximum atomic E-state index is 10.8. The van der Waals surface area contributed by atoms with E-state index in [1.165, 1.54) is 13.2 Å². The van der Waals surface area contributed by atoms with Gasteiger partial charge >= 0.3 is 5.97 Å². The second-order valence-corrected chi connectivity index (χ2v) is 1.92. The van der Waals surface area contributed by atoms with Crippen molar-refractivity contribution in [2.75, 3.05) is 12.8 Å². The fourth-order valence-corrected chi connectivity index (χ4v) is 0.677. The van der Waals surface area contributed by atoms with E-state index in [2.05, 4.69) is 4.74 Å². The number of hydrogen-bond donors (Lipinski definition) is 1. The number of hydrogen-bond acceptors (Lipinski definition) is 4. The van der Waals surface area contributed by atoms with Gasteiger partial charge in [0, 0.05) is 0 Å². The van der Waals surface area contributed by atoms with E-state index >= 15 is 0 Å². The van der Waals surface area contributed by atoms with Crippen LogP contribution in [0.15, 0.2) is 10.5 Å². The lowest BCUT2D eigenvalue weighted by molar-refractivity contribution is 0.0568. The van der Waals surface area contributed by atoms with Gasteiger partial charge in [0.1, 0.15) is 0 Å². The van der Waals surface area contributed by atoms with Crippen LogP contribution in [0.4, 0.5) is 5.69 Å². The molecule has 1 rings (SSSR count). The Hall–Kier alpha value is -1.39. The molecule has 0 spiro atoms. The Balaban J connectivity index is 3.03. The summed E-state index contributed by atoms with van der Waals surface area (Å²) in [6, 6.07) is 1.35. The van der Waals surface area contributed by atoms with Gasteiger partial charge in [0.05, 0.1) is 18.5 Å². The van der Waals surface area contributed by atoms with Crippen molar-refractivity contribution in [3.63, 3.8) is 0 Å². The molecule has 0 aromatic carbocycles. The quantitative estimate of drug-likeness (QED) is 0.431. The highest BCUT2D eigenvalue weighted by Crippen LogP contribution is 2.10. The summed E-state index contributed by atoms with van der Waals surface area (Å²) in [5.41, 5.74) is 5.63. The van der Waals surface area contributed by atoms with Crippen LogP contribution in [0, 0.1) is 0 Å². The minimum atomic E-state index is -0.626. The van der Waals surface area contributed by atoms with Crippen LogP contribution in [-0.2, 0) is 4.74 Å². The summed E-state index contributed by atoms with van der Waals surface area (Å²) in [6.45, 7) is 0. The molecule has 4 nitrogen and oxygen atoms in total. The molecule has 1 aromatic rings. The number of ether oxygens (including phenoxy) is 1. The van der Waals surface area contributed by atoms with E-state index in [-0.39, 0.29) is 17.1 Å². The second kappa shape index (κ2) is 2.69. The Kier molecular flexibility index (Phi) is 1.89. The first-order valence-electron chi connectivity index (χ1n) is 2.88. The van der Waals surface area contributed by atoms with Crippen molar-refractivity contribution in [3.8, 4) is 0 Å². The highest BCUT2D eigenvalue weighted by molar-refractivity contribution is 6.30. The monoisotopic (exact) mass is 151 g/mol. The van der Waals surface area contributed by atoms with Crippen LogP contribution in [-0.4, -0.2) is 20.9 Å². The normalized spacial score (nSPS) is 9.55. The minimum absolute atomic E-state index is 0.0509. The van der Waals surface area contributed by atoms with Crippen molar-refractivity contribution >= 4 is 25.2 Å². The number of furan rings is 1. The van der Waals surface area contributed by atoms with Gasteiger partial charge in [-0.3, -0.25) is 0 Å². The molecular formula is C6H6BNO3. The second-order valence-electron chi connectivity index (χ2n) is 1.92. The molecular weight excluding hydrogens is 145 g/mol. The molecule has 1 aromatic heterocycles. The zero-order valence-corrected chi connectivity index (χ0v) is 5.96. The summed E-state index contributed by atoms with van der Waals surface area (Å²) < 4.78 is 9.11. The summed E-state index contributed by atoms with van der Waals surface area (Å²) in [7, 11) is 6.45. The first kappa shape index (κ1) is 7.72.